The number of carboxylic acid groups (broad SMARTS) is 1. The highest BCUT2D eigenvalue weighted by Crippen LogP contribution is 2.18. The summed E-state index contributed by atoms with van der Waals surface area (Å²) in [4.78, 5) is 35.4. The van der Waals surface area contributed by atoms with Crippen LogP contribution >= 0.6 is 0 Å². The van der Waals surface area contributed by atoms with Gasteiger partial charge in [-0.15, -0.1) is 0 Å². The van der Waals surface area contributed by atoms with Crippen LogP contribution in [-0.2, 0) is 6.54 Å². The van der Waals surface area contributed by atoms with E-state index in [9.17, 15) is 14.4 Å². The maximum Gasteiger partial charge on any atom is 0.342 e. The lowest BCUT2D eigenvalue weighted by Crippen LogP contribution is -2.34. The van der Waals surface area contributed by atoms with Crippen LogP contribution in [0.2, 0.25) is 0 Å². The van der Waals surface area contributed by atoms with Crippen molar-refractivity contribution < 1.29 is 9.90 Å². The van der Waals surface area contributed by atoms with Gasteiger partial charge < -0.3 is 5.11 Å². The molecule has 0 unspecified atom stereocenters. The number of nitrogens with one attached hydrogen (secondary N) is 1. The molecule has 1 aromatic heterocycles. The second kappa shape index (κ2) is 4.57. The van der Waals surface area contributed by atoms with Crippen LogP contribution in [0.5, 0.6) is 0 Å². The van der Waals surface area contributed by atoms with E-state index < -0.39 is 22.8 Å². The summed E-state index contributed by atoms with van der Waals surface area (Å²) in [5, 5.41) is 8.77. The van der Waals surface area contributed by atoms with Crippen molar-refractivity contribution in [2.45, 2.75) is 33.7 Å². The summed E-state index contributed by atoms with van der Waals surface area (Å²) in [6.45, 7) is 6.42. The summed E-state index contributed by atoms with van der Waals surface area (Å²) in [5.74, 6) is -1.34. The molecule has 0 saturated carbocycles. The van der Waals surface area contributed by atoms with Crippen LogP contribution in [0.4, 0.5) is 0 Å². The van der Waals surface area contributed by atoms with Gasteiger partial charge in [-0.3, -0.25) is 14.3 Å². The van der Waals surface area contributed by atoms with Crippen LogP contribution in [0.25, 0.3) is 0 Å². The molecule has 0 spiro atoms. The molecule has 0 aliphatic carbocycles. The number of carbonyl (C=O) groups is 1. The van der Waals surface area contributed by atoms with Gasteiger partial charge in [0.05, 0.1) is 0 Å². The highest BCUT2D eigenvalue weighted by atomic mass is 16.4. The fraction of sp³-hybridized carbons (Fsp3) is 0.545. The van der Waals surface area contributed by atoms with E-state index in [0.29, 0.717) is 13.0 Å². The number of aromatic nitrogens is 2. The lowest BCUT2D eigenvalue weighted by Gasteiger charge is -2.18. The number of carboxylic acids is 1. The van der Waals surface area contributed by atoms with Gasteiger partial charge in [-0.1, -0.05) is 20.8 Å². The second-order valence-corrected chi connectivity index (χ2v) is 5.11. The highest BCUT2D eigenvalue weighted by Gasteiger charge is 2.14. The lowest BCUT2D eigenvalue weighted by molar-refractivity contribution is 0.0693. The number of aromatic carboxylic acids is 1. The van der Waals surface area contributed by atoms with Gasteiger partial charge in [-0.05, 0) is 11.8 Å². The second-order valence-electron chi connectivity index (χ2n) is 5.11. The summed E-state index contributed by atoms with van der Waals surface area (Å²) in [6, 6.07) is 0. The van der Waals surface area contributed by atoms with E-state index in [1.54, 1.807) is 0 Å². The summed E-state index contributed by atoms with van der Waals surface area (Å²) in [6.07, 6.45) is 1.80. The van der Waals surface area contributed by atoms with E-state index in [0.717, 1.165) is 6.20 Å². The Bertz CT molecular complexity index is 534. The Morgan fingerprint density at radius 3 is 2.47 bits per heavy atom. The van der Waals surface area contributed by atoms with Gasteiger partial charge in [0.15, 0.2) is 0 Å². The summed E-state index contributed by atoms with van der Waals surface area (Å²) >= 11 is 0. The quantitative estimate of drug-likeness (QED) is 0.812. The van der Waals surface area contributed by atoms with Gasteiger partial charge in [-0.25, -0.2) is 9.59 Å². The minimum Gasteiger partial charge on any atom is -0.477 e. The number of aromatic amines is 1. The molecule has 0 amide bonds. The average molecular weight is 240 g/mol. The molecule has 0 radical (unpaired) electrons. The van der Waals surface area contributed by atoms with Crippen LogP contribution in [0, 0.1) is 5.41 Å². The fourth-order valence-electron chi connectivity index (χ4n) is 1.28. The Morgan fingerprint density at radius 2 is 2.00 bits per heavy atom. The molecule has 0 atom stereocenters. The molecule has 0 aliphatic heterocycles. The van der Waals surface area contributed by atoms with Crippen LogP contribution in [0.15, 0.2) is 15.8 Å². The molecule has 1 heterocycles. The predicted molar refractivity (Wildman–Crippen MR) is 62.4 cm³/mol. The first-order chi connectivity index (χ1) is 7.70. The SMILES string of the molecule is CC(C)(C)CCn1cc(C(=O)O)c(=O)[nH]c1=O. The van der Waals surface area contributed by atoms with E-state index in [4.69, 9.17) is 5.11 Å². The number of hydrogen-bond donors (Lipinski definition) is 2. The minimum atomic E-state index is -1.34. The third-order valence-corrected chi connectivity index (χ3v) is 2.34. The molecule has 17 heavy (non-hydrogen) atoms. The van der Waals surface area contributed by atoms with Gasteiger partial charge in [0.1, 0.15) is 5.56 Å². The van der Waals surface area contributed by atoms with Gasteiger partial charge in [0, 0.05) is 12.7 Å². The van der Waals surface area contributed by atoms with Gasteiger partial charge in [0.2, 0.25) is 0 Å². The molecular formula is C11H16N2O4. The molecule has 0 aliphatic rings. The van der Waals surface area contributed by atoms with Crippen molar-refractivity contribution in [3.63, 3.8) is 0 Å². The first-order valence-corrected chi connectivity index (χ1v) is 5.28. The van der Waals surface area contributed by atoms with Crippen molar-refractivity contribution in [3.05, 3.63) is 32.6 Å². The maximum atomic E-state index is 11.4. The first-order valence-electron chi connectivity index (χ1n) is 5.28. The topological polar surface area (TPSA) is 92.2 Å². The molecule has 94 valence electrons. The third kappa shape index (κ3) is 3.58. The Kier molecular flexibility index (Phi) is 3.55. The van der Waals surface area contributed by atoms with Crippen LogP contribution in [0.3, 0.4) is 0 Å². The molecule has 6 nitrogen and oxygen atoms in total. The van der Waals surface area contributed by atoms with Crippen molar-refractivity contribution >= 4 is 5.97 Å². The van der Waals surface area contributed by atoms with Gasteiger partial charge >= 0.3 is 11.7 Å². The Morgan fingerprint density at radius 1 is 1.41 bits per heavy atom. The Labute approximate surface area is 97.9 Å². The van der Waals surface area contributed by atoms with Crippen molar-refractivity contribution in [2.24, 2.45) is 5.41 Å². The number of nitrogens with zero attached hydrogens (tertiary/aromatic N) is 1. The molecule has 2 N–H and O–H groups in total. The fourth-order valence-corrected chi connectivity index (χ4v) is 1.28. The zero-order valence-electron chi connectivity index (χ0n) is 10.1. The maximum absolute atomic E-state index is 11.4. The molecule has 6 heteroatoms. The smallest absolute Gasteiger partial charge is 0.342 e. The van der Waals surface area contributed by atoms with Crippen molar-refractivity contribution in [3.8, 4) is 0 Å². The molecule has 0 saturated heterocycles. The van der Waals surface area contributed by atoms with Crippen LogP contribution in [-0.4, -0.2) is 20.6 Å². The van der Waals surface area contributed by atoms with E-state index >= 15 is 0 Å². The summed E-state index contributed by atoms with van der Waals surface area (Å²) in [7, 11) is 0. The van der Waals surface area contributed by atoms with E-state index in [-0.39, 0.29) is 5.41 Å². The first kappa shape index (κ1) is 13.2. The lowest BCUT2D eigenvalue weighted by atomic mass is 9.92. The van der Waals surface area contributed by atoms with Crippen LogP contribution in [0.1, 0.15) is 37.6 Å². The highest BCUT2D eigenvalue weighted by molar-refractivity contribution is 5.86. The zero-order valence-corrected chi connectivity index (χ0v) is 10.1. The number of aryl methyl sites for hydroxylation is 1. The average Bonchev–Trinajstić information content (AvgIpc) is 2.14. The van der Waals surface area contributed by atoms with E-state index in [1.165, 1.54) is 4.57 Å². The molecule has 1 aromatic rings. The van der Waals surface area contributed by atoms with Gasteiger partial charge in [0.25, 0.3) is 5.56 Å². The molecule has 0 fully saturated rings. The normalized spacial score (nSPS) is 11.5. The molecule has 1 rings (SSSR count). The van der Waals surface area contributed by atoms with Crippen LogP contribution < -0.4 is 11.2 Å². The van der Waals surface area contributed by atoms with E-state index in [1.807, 2.05) is 25.8 Å². The van der Waals surface area contributed by atoms with E-state index in [2.05, 4.69) is 0 Å². The number of H-pyrrole nitrogens is 1. The van der Waals surface area contributed by atoms with Crippen molar-refractivity contribution in [1.82, 2.24) is 9.55 Å². The Balaban J connectivity index is 3.09. The molecule has 0 bridgehead atoms. The van der Waals surface area contributed by atoms with Crippen molar-refractivity contribution in [1.29, 1.82) is 0 Å². The zero-order chi connectivity index (χ0) is 13.2. The molecular weight excluding hydrogens is 224 g/mol. The number of hydrogen-bond acceptors (Lipinski definition) is 3. The third-order valence-electron chi connectivity index (χ3n) is 2.34. The van der Waals surface area contributed by atoms with Crippen molar-refractivity contribution in [2.75, 3.05) is 0 Å². The number of rotatable bonds is 3. The van der Waals surface area contributed by atoms with Gasteiger partial charge in [-0.2, -0.15) is 0 Å². The monoisotopic (exact) mass is 240 g/mol. The predicted octanol–water partition coefficient (Wildman–Crippen LogP) is 0.671. The standard InChI is InChI=1S/C11H16N2O4/c1-11(2,3)4-5-13-6-7(9(15)16)8(14)12-10(13)17/h6H,4-5H2,1-3H3,(H,15,16)(H,12,14,17). The molecule has 0 aromatic carbocycles. The Hall–Kier alpha value is -1.85. The summed E-state index contributed by atoms with van der Waals surface area (Å²) in [5.41, 5.74) is -1.84. The minimum absolute atomic E-state index is 0.0267. The largest absolute Gasteiger partial charge is 0.477 e. The summed E-state index contributed by atoms with van der Waals surface area (Å²) < 4.78 is 1.22.